The molecule has 1 fully saturated rings. The molecule has 0 radical (unpaired) electrons. The fourth-order valence-electron chi connectivity index (χ4n) is 3.62. The molecule has 3 rings (SSSR count). The first-order chi connectivity index (χ1) is 13.7. The second kappa shape index (κ2) is 10.6. The lowest BCUT2D eigenvalue weighted by Crippen LogP contribution is -2.43. The number of amides is 1. The summed E-state index contributed by atoms with van der Waals surface area (Å²) in [5.74, 6) is 0.0695. The van der Waals surface area contributed by atoms with E-state index in [0.29, 0.717) is 13.2 Å². The molecular weight excluding hydrogens is 374 g/mol. The number of ether oxygens (including phenoxy) is 1. The molecule has 1 aliphatic heterocycles. The summed E-state index contributed by atoms with van der Waals surface area (Å²) in [5, 5.41) is 7.32. The first-order valence-electron chi connectivity index (χ1n) is 9.68. The molecule has 28 heavy (non-hydrogen) atoms. The standard InChI is InChI=1S/C22H28ClN3O2/c1-28-11-10-24-22(27)21-13-20(25-14-18-8-5-9-19(23)12-18)16-26(21)15-17-6-3-2-4-7-17/h2-9,12,20-21,25H,10-11,13-16H2,1H3,(H,24,27)/t20-,21+/m1/s1. The van der Waals surface area contributed by atoms with Crippen molar-refractivity contribution in [3.63, 3.8) is 0 Å². The van der Waals surface area contributed by atoms with Crippen molar-refractivity contribution < 1.29 is 9.53 Å². The number of nitrogens with zero attached hydrogens (tertiary/aromatic N) is 1. The Labute approximate surface area is 172 Å². The summed E-state index contributed by atoms with van der Waals surface area (Å²) in [5.41, 5.74) is 2.36. The Balaban J connectivity index is 1.62. The van der Waals surface area contributed by atoms with Crippen molar-refractivity contribution in [2.75, 3.05) is 26.8 Å². The minimum atomic E-state index is -0.145. The topological polar surface area (TPSA) is 53.6 Å². The van der Waals surface area contributed by atoms with E-state index < -0.39 is 0 Å². The number of carbonyl (C=O) groups is 1. The number of hydrogen-bond donors (Lipinski definition) is 2. The molecule has 5 nitrogen and oxygen atoms in total. The fraction of sp³-hybridized carbons (Fsp3) is 0.409. The van der Waals surface area contributed by atoms with Crippen LogP contribution >= 0.6 is 11.6 Å². The zero-order valence-corrected chi connectivity index (χ0v) is 17.0. The van der Waals surface area contributed by atoms with E-state index in [0.717, 1.165) is 36.6 Å². The van der Waals surface area contributed by atoms with Gasteiger partial charge in [-0.1, -0.05) is 54.1 Å². The highest BCUT2D eigenvalue weighted by Crippen LogP contribution is 2.22. The summed E-state index contributed by atoms with van der Waals surface area (Å²) in [7, 11) is 1.64. The maximum absolute atomic E-state index is 12.7. The molecule has 1 saturated heterocycles. The Morgan fingerprint density at radius 2 is 1.96 bits per heavy atom. The second-order valence-electron chi connectivity index (χ2n) is 7.16. The van der Waals surface area contributed by atoms with E-state index in [1.165, 1.54) is 5.56 Å². The van der Waals surface area contributed by atoms with Gasteiger partial charge in [0.15, 0.2) is 0 Å². The van der Waals surface area contributed by atoms with Gasteiger partial charge in [0.1, 0.15) is 0 Å². The Hall–Kier alpha value is -1.92. The molecule has 0 saturated carbocycles. The summed E-state index contributed by atoms with van der Waals surface area (Å²) in [4.78, 5) is 15.0. The number of methoxy groups -OCH3 is 1. The zero-order valence-electron chi connectivity index (χ0n) is 16.2. The molecule has 150 valence electrons. The molecular formula is C22H28ClN3O2. The summed E-state index contributed by atoms with van der Waals surface area (Å²) in [6, 6.07) is 18.3. The van der Waals surface area contributed by atoms with Gasteiger partial charge in [0.25, 0.3) is 0 Å². The lowest BCUT2D eigenvalue weighted by atomic mass is 10.1. The third-order valence-corrected chi connectivity index (χ3v) is 5.26. The normalized spacial score (nSPS) is 19.6. The van der Waals surface area contributed by atoms with Gasteiger partial charge in [0.2, 0.25) is 5.91 Å². The predicted octanol–water partition coefficient (Wildman–Crippen LogP) is 2.84. The average molecular weight is 402 g/mol. The molecule has 2 aromatic carbocycles. The van der Waals surface area contributed by atoms with Crippen LogP contribution in [0.4, 0.5) is 0 Å². The lowest BCUT2D eigenvalue weighted by molar-refractivity contribution is -0.125. The van der Waals surface area contributed by atoms with Gasteiger partial charge < -0.3 is 15.4 Å². The van der Waals surface area contributed by atoms with E-state index in [4.69, 9.17) is 16.3 Å². The van der Waals surface area contributed by atoms with Gasteiger partial charge in [-0.2, -0.15) is 0 Å². The summed E-state index contributed by atoms with van der Waals surface area (Å²) >= 11 is 6.08. The van der Waals surface area contributed by atoms with Gasteiger partial charge in [-0.15, -0.1) is 0 Å². The van der Waals surface area contributed by atoms with Crippen molar-refractivity contribution in [3.8, 4) is 0 Å². The van der Waals surface area contributed by atoms with E-state index in [1.54, 1.807) is 7.11 Å². The van der Waals surface area contributed by atoms with E-state index >= 15 is 0 Å². The van der Waals surface area contributed by atoms with Crippen LogP contribution in [-0.2, 0) is 22.6 Å². The fourth-order valence-corrected chi connectivity index (χ4v) is 3.83. The molecule has 2 aromatic rings. The molecule has 2 N–H and O–H groups in total. The van der Waals surface area contributed by atoms with Crippen LogP contribution in [0.15, 0.2) is 54.6 Å². The molecule has 0 aliphatic carbocycles. The highest BCUT2D eigenvalue weighted by Gasteiger charge is 2.36. The molecule has 1 heterocycles. The van der Waals surface area contributed by atoms with Gasteiger partial charge >= 0.3 is 0 Å². The number of halogens is 1. The minimum absolute atomic E-state index is 0.0695. The SMILES string of the molecule is COCCNC(=O)[C@@H]1C[C@@H](NCc2cccc(Cl)c2)CN1Cc1ccccc1. The summed E-state index contributed by atoms with van der Waals surface area (Å²) in [6.45, 7) is 3.39. The minimum Gasteiger partial charge on any atom is -0.383 e. The largest absolute Gasteiger partial charge is 0.383 e. The Morgan fingerprint density at radius 1 is 1.18 bits per heavy atom. The third-order valence-electron chi connectivity index (χ3n) is 5.02. The number of nitrogens with one attached hydrogen (secondary N) is 2. The smallest absolute Gasteiger partial charge is 0.237 e. The molecule has 0 aromatic heterocycles. The van der Waals surface area contributed by atoms with E-state index in [1.807, 2.05) is 36.4 Å². The second-order valence-corrected chi connectivity index (χ2v) is 7.59. The van der Waals surface area contributed by atoms with E-state index in [-0.39, 0.29) is 18.0 Å². The first-order valence-corrected chi connectivity index (χ1v) is 10.1. The first kappa shape index (κ1) is 20.8. The van der Waals surface area contributed by atoms with Crippen LogP contribution in [-0.4, -0.2) is 49.7 Å². The van der Waals surface area contributed by atoms with Gasteiger partial charge in [-0.3, -0.25) is 9.69 Å². The molecule has 1 amide bonds. The van der Waals surface area contributed by atoms with Crippen LogP contribution in [0.2, 0.25) is 5.02 Å². The monoisotopic (exact) mass is 401 g/mol. The highest BCUT2D eigenvalue weighted by atomic mass is 35.5. The summed E-state index contributed by atoms with van der Waals surface area (Å²) in [6.07, 6.45) is 0.784. The molecule has 0 spiro atoms. The van der Waals surface area contributed by atoms with Gasteiger partial charge in [0.05, 0.1) is 12.6 Å². The van der Waals surface area contributed by atoms with Crippen LogP contribution in [0.5, 0.6) is 0 Å². The Morgan fingerprint density at radius 3 is 2.71 bits per heavy atom. The number of rotatable bonds is 9. The average Bonchev–Trinajstić information content (AvgIpc) is 3.10. The van der Waals surface area contributed by atoms with Crippen LogP contribution in [0.25, 0.3) is 0 Å². The van der Waals surface area contributed by atoms with E-state index in [9.17, 15) is 4.79 Å². The highest BCUT2D eigenvalue weighted by molar-refractivity contribution is 6.30. The van der Waals surface area contributed by atoms with Crippen molar-refractivity contribution in [1.29, 1.82) is 0 Å². The van der Waals surface area contributed by atoms with Crippen molar-refractivity contribution in [3.05, 3.63) is 70.7 Å². The molecule has 0 bridgehead atoms. The third kappa shape index (κ3) is 6.04. The van der Waals surface area contributed by atoms with Crippen LogP contribution in [0.3, 0.4) is 0 Å². The van der Waals surface area contributed by atoms with Crippen LogP contribution in [0, 0.1) is 0 Å². The van der Waals surface area contributed by atoms with Crippen molar-refractivity contribution in [2.24, 2.45) is 0 Å². The van der Waals surface area contributed by atoms with Crippen molar-refractivity contribution in [1.82, 2.24) is 15.5 Å². The molecule has 0 unspecified atom stereocenters. The number of carbonyl (C=O) groups excluding carboxylic acids is 1. The Bertz CT molecular complexity index is 756. The number of hydrogen-bond acceptors (Lipinski definition) is 4. The van der Waals surface area contributed by atoms with Crippen LogP contribution in [0.1, 0.15) is 17.5 Å². The lowest BCUT2D eigenvalue weighted by Gasteiger charge is -2.23. The zero-order chi connectivity index (χ0) is 19.8. The number of likely N-dealkylation sites (tertiary alicyclic amines) is 1. The van der Waals surface area contributed by atoms with Gasteiger partial charge in [0, 0.05) is 44.4 Å². The maximum Gasteiger partial charge on any atom is 0.237 e. The van der Waals surface area contributed by atoms with Gasteiger partial charge in [-0.25, -0.2) is 0 Å². The van der Waals surface area contributed by atoms with Gasteiger partial charge in [-0.05, 0) is 29.7 Å². The quantitative estimate of drug-likeness (QED) is 0.634. The summed E-state index contributed by atoms with van der Waals surface area (Å²) < 4.78 is 5.04. The maximum atomic E-state index is 12.7. The van der Waals surface area contributed by atoms with Crippen molar-refractivity contribution >= 4 is 17.5 Å². The van der Waals surface area contributed by atoms with E-state index in [2.05, 4.69) is 33.7 Å². The predicted molar refractivity (Wildman–Crippen MR) is 112 cm³/mol. The number of benzene rings is 2. The molecule has 2 atom stereocenters. The Kier molecular flexibility index (Phi) is 7.86. The van der Waals surface area contributed by atoms with Crippen molar-refractivity contribution in [2.45, 2.75) is 31.6 Å². The molecule has 1 aliphatic rings. The van der Waals surface area contributed by atoms with Crippen LogP contribution < -0.4 is 10.6 Å². The molecule has 6 heteroatoms.